The van der Waals surface area contributed by atoms with E-state index in [0.29, 0.717) is 29.5 Å². The molecule has 0 saturated carbocycles. The average Bonchev–Trinajstić information content (AvgIpc) is 2.83. The number of carbonyl (C=O) groups is 1. The zero-order valence-electron chi connectivity index (χ0n) is 10.6. The number of fused-ring (bicyclic) bond motifs is 1. The first-order valence-electron chi connectivity index (χ1n) is 6.22. The second-order valence-corrected chi connectivity index (χ2v) is 6.15. The van der Waals surface area contributed by atoms with Crippen LogP contribution in [0.5, 0.6) is 0 Å². The van der Waals surface area contributed by atoms with Gasteiger partial charge in [0.25, 0.3) is 0 Å². The molecular weight excluding hydrogens is 296 g/mol. The summed E-state index contributed by atoms with van der Waals surface area (Å²) in [6.45, 7) is 1.15. The highest BCUT2D eigenvalue weighted by molar-refractivity contribution is 7.10. The summed E-state index contributed by atoms with van der Waals surface area (Å²) in [5, 5.41) is 4.00. The Bertz CT molecular complexity index is 645. The van der Waals surface area contributed by atoms with E-state index in [4.69, 9.17) is 17.3 Å². The van der Waals surface area contributed by atoms with Gasteiger partial charge in [0.15, 0.2) is 0 Å². The molecule has 1 atom stereocenters. The summed E-state index contributed by atoms with van der Waals surface area (Å²) in [6, 6.07) is 7.76. The lowest BCUT2D eigenvalue weighted by atomic mass is 9.93. The van der Waals surface area contributed by atoms with Crippen molar-refractivity contribution in [3.05, 3.63) is 45.4 Å². The molecule has 2 heterocycles. The summed E-state index contributed by atoms with van der Waals surface area (Å²) >= 11 is 7.19. The van der Waals surface area contributed by atoms with Gasteiger partial charge in [0.1, 0.15) is 10.0 Å². The summed E-state index contributed by atoms with van der Waals surface area (Å²) in [6.07, 6.45) is 0.626. The predicted molar refractivity (Wildman–Crippen MR) is 77.3 cm³/mol. The number of nitrogens with two attached hydrogens (primary N) is 1. The maximum absolute atomic E-state index is 11.7. The number of aromatic nitrogens is 2. The molecule has 2 aromatic rings. The van der Waals surface area contributed by atoms with E-state index < -0.39 is 0 Å². The maximum Gasteiger partial charge on any atom is 0.235 e. The van der Waals surface area contributed by atoms with Gasteiger partial charge in [-0.15, -0.1) is 5.10 Å². The van der Waals surface area contributed by atoms with Gasteiger partial charge in [0.2, 0.25) is 5.91 Å². The number of halogens is 1. The van der Waals surface area contributed by atoms with Gasteiger partial charge in [0.05, 0.1) is 6.04 Å². The highest BCUT2D eigenvalue weighted by Crippen LogP contribution is 2.27. The number of hydrogen-bond acceptors (Lipinski definition) is 5. The van der Waals surface area contributed by atoms with Crippen molar-refractivity contribution in [3.8, 4) is 0 Å². The number of carbonyl (C=O) groups excluding carboxylic acids is 1. The molecule has 0 radical (unpaired) electrons. The lowest BCUT2D eigenvalue weighted by Gasteiger charge is -2.34. The fraction of sp³-hybridized carbons (Fsp3) is 0.308. The fourth-order valence-corrected chi connectivity index (χ4v) is 3.12. The average molecular weight is 309 g/mol. The van der Waals surface area contributed by atoms with E-state index in [2.05, 4.69) is 15.7 Å². The van der Waals surface area contributed by atoms with Gasteiger partial charge in [-0.2, -0.15) is 0 Å². The minimum Gasteiger partial charge on any atom is -0.368 e. The van der Waals surface area contributed by atoms with Crippen molar-refractivity contribution in [2.24, 2.45) is 5.73 Å². The van der Waals surface area contributed by atoms with Crippen molar-refractivity contribution in [1.82, 2.24) is 14.5 Å². The van der Waals surface area contributed by atoms with Gasteiger partial charge in [-0.25, -0.2) is 0 Å². The van der Waals surface area contributed by atoms with E-state index in [1.54, 1.807) is 0 Å². The minimum absolute atomic E-state index is 0.321. The molecule has 3 rings (SSSR count). The first-order valence-corrected chi connectivity index (χ1v) is 7.37. The number of primary amides is 1. The van der Waals surface area contributed by atoms with Crippen LogP contribution in [-0.2, 0) is 24.3 Å². The molecule has 1 aliphatic heterocycles. The van der Waals surface area contributed by atoms with Gasteiger partial charge in [-0.1, -0.05) is 40.4 Å². The summed E-state index contributed by atoms with van der Waals surface area (Å²) in [5.41, 5.74) is 8.62. The quantitative estimate of drug-likeness (QED) is 0.935. The monoisotopic (exact) mass is 308 g/mol. The lowest BCUT2D eigenvalue weighted by Crippen LogP contribution is -2.48. The van der Waals surface area contributed by atoms with Crippen molar-refractivity contribution < 1.29 is 4.79 Å². The Morgan fingerprint density at radius 1 is 1.45 bits per heavy atom. The Hall–Kier alpha value is -1.50. The molecule has 1 aromatic heterocycles. The van der Waals surface area contributed by atoms with Crippen molar-refractivity contribution in [2.75, 3.05) is 0 Å². The van der Waals surface area contributed by atoms with E-state index in [1.807, 2.05) is 23.1 Å². The molecule has 0 bridgehead atoms. The van der Waals surface area contributed by atoms with Crippen LogP contribution >= 0.6 is 23.1 Å². The van der Waals surface area contributed by atoms with Crippen LogP contribution in [0.1, 0.15) is 16.8 Å². The van der Waals surface area contributed by atoms with Gasteiger partial charge < -0.3 is 5.73 Å². The summed E-state index contributed by atoms with van der Waals surface area (Å²) in [5.74, 6) is -0.321. The molecule has 7 heteroatoms. The number of rotatable bonds is 3. The van der Waals surface area contributed by atoms with Crippen molar-refractivity contribution >= 4 is 29.0 Å². The minimum atomic E-state index is -0.331. The number of nitrogens with zero attached hydrogens (tertiary/aromatic N) is 3. The van der Waals surface area contributed by atoms with Crippen LogP contribution in [0, 0.1) is 0 Å². The zero-order chi connectivity index (χ0) is 14.1. The third-order valence-electron chi connectivity index (χ3n) is 3.54. The number of benzene rings is 1. The molecule has 0 aliphatic carbocycles. The maximum atomic E-state index is 11.7. The molecule has 20 heavy (non-hydrogen) atoms. The molecule has 1 aliphatic rings. The first-order chi connectivity index (χ1) is 9.65. The lowest BCUT2D eigenvalue weighted by molar-refractivity contribution is -0.124. The first kappa shape index (κ1) is 13.5. The smallest absolute Gasteiger partial charge is 0.235 e. The Balaban J connectivity index is 1.89. The van der Waals surface area contributed by atoms with Crippen LogP contribution in [0.4, 0.5) is 0 Å². The number of amides is 1. The summed E-state index contributed by atoms with van der Waals surface area (Å²) in [4.78, 5) is 13.7. The Labute approximate surface area is 125 Å². The van der Waals surface area contributed by atoms with Gasteiger partial charge >= 0.3 is 0 Å². The topological polar surface area (TPSA) is 72.1 Å². The predicted octanol–water partition coefficient (Wildman–Crippen LogP) is 1.60. The van der Waals surface area contributed by atoms with Crippen molar-refractivity contribution in [1.29, 1.82) is 0 Å². The standard InChI is InChI=1S/C13H13ClN4OS/c14-12-10(16-17-20-12)7-18-6-9-4-2-1-3-8(9)5-11(18)13(15)19/h1-4,11H,5-7H2,(H2,15,19)/t11-/m0/s1. The van der Waals surface area contributed by atoms with E-state index >= 15 is 0 Å². The van der Waals surface area contributed by atoms with Crippen molar-refractivity contribution in [2.45, 2.75) is 25.6 Å². The Morgan fingerprint density at radius 3 is 2.85 bits per heavy atom. The molecule has 0 saturated heterocycles. The molecule has 5 nitrogen and oxygen atoms in total. The van der Waals surface area contributed by atoms with Crippen molar-refractivity contribution in [3.63, 3.8) is 0 Å². The van der Waals surface area contributed by atoms with E-state index in [-0.39, 0.29) is 11.9 Å². The highest BCUT2D eigenvalue weighted by atomic mass is 35.5. The fourth-order valence-electron chi connectivity index (χ4n) is 2.51. The summed E-state index contributed by atoms with van der Waals surface area (Å²) < 4.78 is 4.38. The second-order valence-electron chi connectivity index (χ2n) is 4.79. The normalized spacial score (nSPS) is 18.8. The van der Waals surface area contributed by atoms with Gasteiger partial charge in [0, 0.05) is 24.6 Å². The van der Waals surface area contributed by atoms with E-state index in [0.717, 1.165) is 11.5 Å². The van der Waals surface area contributed by atoms with Gasteiger partial charge in [-0.05, 0) is 17.5 Å². The van der Waals surface area contributed by atoms with Crippen LogP contribution in [0.15, 0.2) is 24.3 Å². The Morgan fingerprint density at radius 2 is 2.20 bits per heavy atom. The molecular formula is C13H13ClN4OS. The summed E-state index contributed by atoms with van der Waals surface area (Å²) in [7, 11) is 0. The third kappa shape index (κ3) is 2.54. The molecule has 1 aromatic carbocycles. The van der Waals surface area contributed by atoms with E-state index in [9.17, 15) is 4.79 Å². The van der Waals surface area contributed by atoms with Crippen LogP contribution in [0.25, 0.3) is 0 Å². The van der Waals surface area contributed by atoms with Crippen LogP contribution in [0.2, 0.25) is 4.34 Å². The van der Waals surface area contributed by atoms with Gasteiger partial charge in [-0.3, -0.25) is 9.69 Å². The Kier molecular flexibility index (Phi) is 3.69. The van der Waals surface area contributed by atoms with Crippen LogP contribution in [-0.4, -0.2) is 26.4 Å². The highest BCUT2D eigenvalue weighted by Gasteiger charge is 2.30. The second kappa shape index (κ2) is 5.47. The molecule has 1 amide bonds. The number of hydrogen-bond donors (Lipinski definition) is 1. The molecule has 104 valence electrons. The molecule has 0 fully saturated rings. The zero-order valence-corrected chi connectivity index (χ0v) is 12.2. The van der Waals surface area contributed by atoms with Crippen LogP contribution < -0.4 is 5.73 Å². The third-order valence-corrected chi connectivity index (χ3v) is 4.52. The largest absolute Gasteiger partial charge is 0.368 e. The molecule has 2 N–H and O–H groups in total. The SMILES string of the molecule is NC(=O)[C@@H]1Cc2ccccc2CN1Cc1nnsc1Cl. The molecule has 0 unspecified atom stereocenters. The molecule has 0 spiro atoms. The van der Waals surface area contributed by atoms with E-state index in [1.165, 1.54) is 11.1 Å². The van der Waals surface area contributed by atoms with Crippen LogP contribution in [0.3, 0.4) is 0 Å².